The van der Waals surface area contributed by atoms with Crippen LogP contribution in [-0.2, 0) is 63.9 Å². The summed E-state index contributed by atoms with van der Waals surface area (Å²) in [7, 11) is 0. The van der Waals surface area contributed by atoms with Gasteiger partial charge in [0.2, 0.25) is 0 Å². The molecule has 2 aromatic carbocycles. The maximum absolute atomic E-state index is 12.3. The van der Waals surface area contributed by atoms with Crippen molar-refractivity contribution < 1.29 is 67.3 Å². The first kappa shape index (κ1) is 99.7. The molecule has 0 aliphatic heterocycles. The Morgan fingerprint density at radius 3 is 1.11 bits per heavy atom. The molecule has 0 unspecified atom stereocenters. The number of hydrogen-bond acceptors (Lipinski definition) is 19. The maximum Gasteiger partial charge on any atom is 0.306 e. The summed E-state index contributed by atoms with van der Waals surface area (Å²) >= 11 is 11.9. The van der Waals surface area contributed by atoms with Crippen molar-refractivity contribution in [2.24, 2.45) is 61.6 Å². The second-order valence-corrected chi connectivity index (χ2v) is 40.0. The molecule has 0 amide bonds. The molecule has 0 spiro atoms. The lowest BCUT2D eigenvalue weighted by molar-refractivity contribution is -0.155. The van der Waals surface area contributed by atoms with E-state index in [0.29, 0.717) is 112 Å². The predicted octanol–water partition coefficient (Wildman–Crippen LogP) is 23.3. The Morgan fingerprint density at radius 2 is 0.805 bits per heavy atom. The number of nitrogen functional groups attached to an aromatic ring is 1. The van der Waals surface area contributed by atoms with Crippen molar-refractivity contribution in [1.82, 2.24) is 15.5 Å². The van der Waals surface area contributed by atoms with Crippen molar-refractivity contribution in [3.05, 3.63) is 116 Å². The summed E-state index contributed by atoms with van der Waals surface area (Å²) in [6.45, 7) is 48.0. The highest BCUT2D eigenvalue weighted by molar-refractivity contribution is 6.33. The first-order valence-electron chi connectivity index (χ1n) is 40.5. The van der Waals surface area contributed by atoms with Gasteiger partial charge < -0.3 is 49.0 Å². The Hall–Kier alpha value is -7.50. The number of nitrogens with zero attached hydrogens (tertiary/aromatic N) is 5. The first-order chi connectivity index (χ1) is 52.2. The number of aryl methyl sites for hydroxylation is 5. The SMILES string of the molecule is C#CC1CC(CC(C)(C)C)C1.CC(C)(C)CC1CC(c2cc(CCC(=O)O)no2)C1.CC(C)(C)CC1CC(c2cc(CCC(=O)OC(C)(C)C)no2)C1.CC(C)(C)OC(=O)CC/C=N/O.CC(C)(C)OC(=O)CC/C=N/O.Cc1ccc(CC(=O)CCc2cc(C3CC(CC(C)(C)C)C3)on2)c(Cl)c1.Cc1ccc(N)c(Cl)c1. The number of ether oxygens (including phenoxy) is 3. The molecule has 632 valence electrons. The Morgan fingerprint density at radius 1 is 0.487 bits per heavy atom. The number of esters is 3. The standard InChI is InChI=1S/C23H30ClNO2.C19H31NO3.C15H23NO3.C11H18.2C8H15NO3.C7H8ClN/c1-15-5-6-17(21(24)9-15)12-20(26)8-7-19-13-22(27-25-19)18-10-16(11-18)14-23(2,3)4;1-18(2,3)12-13-9-14(10-13)16-11-15(20-23-16)7-8-17(21)22-19(4,5)6;1-15(2,3)9-10-6-11(7-10)13-8-12(16-19-13)4-5-14(17)18;1-5-9-6-10(7-9)8-11(2,3)4;2*1-8(2,3)12-7(10)5-4-6-9-11;1-5-2-3-7(9)6(8)4-5/h5-6,9,13,16,18H,7-8,10-12,14H2,1-4H3;11,13-14H,7-10,12H2,1-6H3;8,10-11H,4-7,9H2,1-3H3,(H,17,18);1,9-10H,6-8H2,2-4H3;2*6,11H,4-5H2,1-3H3;2-4H,9H2,1H3/b;;;;2*9-6+;. The lowest BCUT2D eigenvalue weighted by atomic mass is 9.67. The number of carboxylic acid groups (broad SMARTS) is 1. The maximum atomic E-state index is 12.3. The zero-order chi connectivity index (χ0) is 85.5. The number of terminal acetylenes is 1. The van der Waals surface area contributed by atoms with E-state index in [1.54, 1.807) is 6.07 Å². The number of ketones is 1. The molecule has 4 aliphatic rings. The molecule has 22 heteroatoms. The molecule has 4 saturated carbocycles. The number of aliphatic carboxylic acids is 1. The normalized spacial score (nSPS) is 19.3. The largest absolute Gasteiger partial charge is 0.481 e. The van der Waals surface area contributed by atoms with E-state index >= 15 is 0 Å². The number of oxime groups is 2. The fourth-order valence-electron chi connectivity index (χ4n) is 13.9. The van der Waals surface area contributed by atoms with E-state index in [4.69, 9.17) is 78.7 Å². The molecular formula is C91H140Cl2N6O14. The number of halogens is 2. The fourth-order valence-corrected chi connectivity index (χ4v) is 14.5. The number of aromatic nitrogens is 3. The van der Waals surface area contributed by atoms with Crippen molar-refractivity contribution in [3.63, 3.8) is 0 Å². The molecule has 113 heavy (non-hydrogen) atoms. The van der Waals surface area contributed by atoms with E-state index in [2.05, 4.69) is 115 Å². The Kier molecular flexibility index (Phi) is 40.8. The van der Waals surface area contributed by atoms with Crippen LogP contribution in [0.25, 0.3) is 0 Å². The smallest absolute Gasteiger partial charge is 0.306 e. The summed E-state index contributed by atoms with van der Waals surface area (Å²) in [6.07, 6.45) is 26.9. The summed E-state index contributed by atoms with van der Waals surface area (Å²) in [5.41, 5.74) is 12.1. The number of benzene rings is 2. The molecule has 4 fully saturated rings. The van der Waals surface area contributed by atoms with Crippen molar-refractivity contribution >= 4 is 71.0 Å². The van der Waals surface area contributed by atoms with Crippen LogP contribution >= 0.6 is 23.2 Å². The summed E-state index contributed by atoms with van der Waals surface area (Å²) in [5, 5.41) is 43.8. The zero-order valence-electron chi connectivity index (χ0n) is 72.7. The third-order valence-electron chi connectivity index (χ3n) is 18.7. The van der Waals surface area contributed by atoms with Gasteiger partial charge in [-0.2, -0.15) is 0 Å². The van der Waals surface area contributed by atoms with Gasteiger partial charge in [-0.05, 0) is 246 Å². The Balaban J connectivity index is 0.000000353. The van der Waals surface area contributed by atoms with Crippen LogP contribution in [0.4, 0.5) is 5.69 Å². The second kappa shape index (κ2) is 46.3. The van der Waals surface area contributed by atoms with Crippen molar-refractivity contribution in [2.45, 2.75) is 341 Å². The van der Waals surface area contributed by atoms with Crippen LogP contribution in [0, 0.1) is 77.4 Å². The average molecular weight is 1610 g/mol. The van der Waals surface area contributed by atoms with Crippen LogP contribution in [0.15, 0.2) is 78.5 Å². The quantitative estimate of drug-likeness (QED) is 0.00848. The Labute approximate surface area is 686 Å². The van der Waals surface area contributed by atoms with E-state index in [1.165, 1.54) is 89.5 Å². The number of carbonyl (C=O) groups excluding carboxylic acids is 4. The summed E-state index contributed by atoms with van der Waals surface area (Å²) in [4.78, 5) is 56.5. The van der Waals surface area contributed by atoms with Gasteiger partial charge in [0.25, 0.3) is 0 Å². The van der Waals surface area contributed by atoms with Crippen molar-refractivity contribution in [3.8, 4) is 12.3 Å². The fraction of sp³-hybridized carbons (Fsp3) is 0.670. The van der Waals surface area contributed by atoms with Crippen molar-refractivity contribution in [1.29, 1.82) is 0 Å². The minimum atomic E-state index is -0.793. The monoisotopic (exact) mass is 1610 g/mol. The number of anilines is 1. The molecule has 0 saturated heterocycles. The van der Waals surface area contributed by atoms with Gasteiger partial charge in [0.15, 0.2) is 0 Å². The highest BCUT2D eigenvalue weighted by atomic mass is 35.5. The van der Waals surface area contributed by atoms with Crippen LogP contribution < -0.4 is 5.73 Å². The molecule has 5 aromatic rings. The Bertz CT molecular complexity index is 3750. The molecule has 0 radical (unpaired) electrons. The van der Waals surface area contributed by atoms with Gasteiger partial charge >= 0.3 is 23.9 Å². The number of rotatable bonds is 24. The molecule has 0 atom stereocenters. The predicted molar refractivity (Wildman–Crippen MR) is 452 cm³/mol. The lowest BCUT2D eigenvalue weighted by Gasteiger charge is -2.37. The lowest BCUT2D eigenvalue weighted by Crippen LogP contribution is -2.26. The number of Topliss-reactive ketones (excluding diaryl/α,β-unsaturated/α-hetero) is 1. The third-order valence-corrected chi connectivity index (χ3v) is 19.4. The third kappa shape index (κ3) is 45.4. The van der Waals surface area contributed by atoms with E-state index in [1.807, 2.05) is 125 Å². The average Bonchev–Trinajstić information content (AvgIpc) is 1.76. The topological polar surface area (TPSA) is 303 Å². The molecule has 3 aromatic heterocycles. The van der Waals surface area contributed by atoms with Gasteiger partial charge in [-0.25, -0.2) is 0 Å². The molecule has 4 aliphatic carbocycles. The minimum Gasteiger partial charge on any atom is -0.481 e. The highest BCUT2D eigenvalue weighted by Crippen LogP contribution is 2.49. The second-order valence-electron chi connectivity index (χ2n) is 39.2. The van der Waals surface area contributed by atoms with Gasteiger partial charge in [-0.15, -0.1) is 22.7 Å². The van der Waals surface area contributed by atoms with Gasteiger partial charge in [-0.1, -0.05) is 140 Å². The van der Waals surface area contributed by atoms with E-state index in [-0.39, 0.29) is 43.0 Å². The van der Waals surface area contributed by atoms with Crippen LogP contribution in [0.3, 0.4) is 0 Å². The number of carbonyl (C=O) groups is 5. The summed E-state index contributed by atoms with van der Waals surface area (Å²) in [5.74, 6) is 9.76. The van der Waals surface area contributed by atoms with Gasteiger partial charge in [0, 0.05) is 91.4 Å². The minimum absolute atomic E-state index is 0.114. The first-order valence-corrected chi connectivity index (χ1v) is 41.2. The van der Waals surface area contributed by atoms with Gasteiger partial charge in [0.1, 0.15) is 39.9 Å². The number of hydrogen-bond donors (Lipinski definition) is 4. The van der Waals surface area contributed by atoms with E-state index < -0.39 is 22.8 Å². The number of carboxylic acids is 1. The summed E-state index contributed by atoms with van der Waals surface area (Å²) in [6, 6.07) is 17.4. The summed E-state index contributed by atoms with van der Waals surface area (Å²) < 4.78 is 31.7. The molecule has 3 heterocycles. The van der Waals surface area contributed by atoms with E-state index in [0.717, 1.165) is 74.7 Å². The van der Waals surface area contributed by atoms with E-state index in [9.17, 15) is 24.0 Å². The molecular weight excluding hydrogens is 1470 g/mol. The van der Waals surface area contributed by atoms with Crippen LogP contribution in [0.5, 0.6) is 0 Å². The zero-order valence-corrected chi connectivity index (χ0v) is 74.2. The number of nitrogens with two attached hydrogens (primary N) is 1. The van der Waals surface area contributed by atoms with Crippen LogP contribution in [0.1, 0.15) is 336 Å². The molecule has 20 nitrogen and oxygen atoms in total. The van der Waals surface area contributed by atoms with Crippen LogP contribution in [0.2, 0.25) is 10.0 Å². The van der Waals surface area contributed by atoms with Gasteiger partial charge in [0.05, 0.1) is 53.5 Å². The molecule has 5 N–H and O–H groups in total. The van der Waals surface area contributed by atoms with Crippen molar-refractivity contribution in [2.75, 3.05) is 5.73 Å². The molecule has 0 bridgehead atoms. The molecule has 9 rings (SSSR count). The van der Waals surface area contributed by atoms with Gasteiger partial charge in [-0.3, -0.25) is 24.0 Å². The highest BCUT2D eigenvalue weighted by Gasteiger charge is 2.38. The van der Waals surface area contributed by atoms with Crippen LogP contribution in [-0.4, -0.2) is 89.9 Å².